The zero-order valence-electron chi connectivity index (χ0n) is 53.2. The molecule has 4 heterocycles. The van der Waals surface area contributed by atoms with Crippen molar-refractivity contribution in [3.05, 3.63) is 175 Å². The predicted octanol–water partition coefficient (Wildman–Crippen LogP) is 20.8. The summed E-state index contributed by atoms with van der Waals surface area (Å²) in [6.07, 6.45) is 15.8. The lowest BCUT2D eigenvalue weighted by atomic mass is 9.66. The summed E-state index contributed by atoms with van der Waals surface area (Å²) in [6, 6.07) is 39.5. The van der Waals surface area contributed by atoms with Gasteiger partial charge >= 0.3 is 0 Å². The van der Waals surface area contributed by atoms with Crippen molar-refractivity contribution in [3.63, 3.8) is 0 Å². The molecule has 4 saturated carbocycles. The quantitative estimate of drug-likeness (QED) is 0.152. The molecule has 0 atom stereocenters. The molecule has 4 fully saturated rings. The van der Waals surface area contributed by atoms with Crippen LogP contribution in [-0.2, 0) is 16.2 Å². The number of carbonyl (C=O) groups is 4. The normalized spacial score (nSPS) is 25.8. The van der Waals surface area contributed by atoms with Crippen LogP contribution >= 0.6 is 0 Å². The van der Waals surface area contributed by atoms with Gasteiger partial charge in [0.15, 0.2) is 23.1 Å². The predicted molar refractivity (Wildman–Crippen MR) is 366 cm³/mol. The zero-order valence-corrected chi connectivity index (χ0v) is 53.2. The molecule has 0 unspecified atom stereocenters. The lowest BCUT2D eigenvalue weighted by Crippen LogP contribution is -2.28. The first-order valence-electron chi connectivity index (χ1n) is 35.2. The molecule has 448 valence electrons. The van der Waals surface area contributed by atoms with Gasteiger partial charge in [-0.2, -0.15) is 0 Å². The van der Waals surface area contributed by atoms with Crippen molar-refractivity contribution in [2.75, 3.05) is 0 Å². The third-order valence-electron chi connectivity index (χ3n) is 26.9. The number of carbonyl (C=O) groups excluding carboxylic acids is 4. The van der Waals surface area contributed by atoms with Crippen LogP contribution in [0.4, 0.5) is 0 Å². The molecule has 1 spiro atoms. The number of hydrogen-bond donors (Lipinski definition) is 0. The second-order valence-electron chi connectivity index (χ2n) is 33.1. The van der Waals surface area contributed by atoms with Gasteiger partial charge in [-0.25, -0.2) is 0 Å². The SMILES string of the molecule is CC(C)(C)c1ccc2c(c1)C1(c3cc(C(C)(C)C)ccc3-2)c2c(cc3c4cc5c(cc4n4c6cc7c(cc6c2c34)C2CCC(CC2)C7=O)C(=O)C2CCC5CC2)-c2cc3c4cc5c(cc4n4c6cc7c(cc6c(c21)c34)C1CCC(CC1)C7=O)C(=O)C1CCC5CC1. The summed E-state index contributed by atoms with van der Waals surface area (Å²) in [5.74, 6) is 2.74. The maximum Gasteiger partial charge on any atom is 0.166 e. The van der Waals surface area contributed by atoms with Crippen LogP contribution in [0.2, 0.25) is 0 Å². The van der Waals surface area contributed by atoms with Gasteiger partial charge in [0, 0.05) is 89.0 Å². The Balaban J connectivity index is 0.997. The second-order valence-corrected chi connectivity index (χ2v) is 33.1. The van der Waals surface area contributed by atoms with Crippen LogP contribution in [0.1, 0.15) is 265 Å². The highest BCUT2D eigenvalue weighted by Gasteiger charge is 2.56. The Hall–Kier alpha value is -7.96. The zero-order chi connectivity index (χ0) is 60.7. The molecule has 26 rings (SSSR count). The highest BCUT2D eigenvalue weighted by Crippen LogP contribution is 2.69. The molecule has 91 heavy (non-hydrogen) atoms. The van der Waals surface area contributed by atoms with Crippen LogP contribution in [0.3, 0.4) is 0 Å². The Morgan fingerprint density at radius 1 is 0.308 bits per heavy atom. The minimum atomic E-state index is -0.878. The van der Waals surface area contributed by atoms with Gasteiger partial charge in [-0.05, 0) is 276 Å². The summed E-state index contributed by atoms with van der Waals surface area (Å²) in [4.78, 5) is 60.4. The van der Waals surface area contributed by atoms with E-state index in [9.17, 15) is 0 Å². The maximum atomic E-state index is 15.2. The van der Waals surface area contributed by atoms with Crippen LogP contribution in [-0.4, -0.2) is 31.9 Å². The maximum absolute atomic E-state index is 15.2. The van der Waals surface area contributed by atoms with E-state index in [2.05, 4.69) is 147 Å². The number of aromatic nitrogens is 2. The number of fused-ring (bicyclic) bond motifs is 32. The second kappa shape index (κ2) is 16.6. The van der Waals surface area contributed by atoms with Crippen molar-refractivity contribution in [2.45, 2.75) is 184 Å². The smallest absolute Gasteiger partial charge is 0.166 e. The molecule has 14 aliphatic rings. The van der Waals surface area contributed by atoms with E-state index in [1.807, 2.05) is 0 Å². The molecule has 0 amide bonds. The molecular weight excluding hydrogens is 1110 g/mol. The van der Waals surface area contributed by atoms with Crippen molar-refractivity contribution < 1.29 is 19.2 Å². The largest absolute Gasteiger partial charge is 0.308 e. The van der Waals surface area contributed by atoms with Crippen LogP contribution < -0.4 is 0 Å². The summed E-state index contributed by atoms with van der Waals surface area (Å²) >= 11 is 0. The Morgan fingerprint density at radius 2 is 0.593 bits per heavy atom. The number of hydrogen-bond acceptors (Lipinski definition) is 4. The number of rotatable bonds is 0. The van der Waals surface area contributed by atoms with Gasteiger partial charge in [0.05, 0.1) is 38.5 Å². The fourth-order valence-electron chi connectivity index (χ4n) is 22.4. The fraction of sp³-hybridized carbons (Fsp3) is 0.388. The van der Waals surface area contributed by atoms with E-state index in [4.69, 9.17) is 0 Å². The van der Waals surface area contributed by atoms with Gasteiger partial charge in [-0.15, -0.1) is 0 Å². The van der Waals surface area contributed by atoms with Crippen LogP contribution in [0.25, 0.3) is 98.4 Å². The fourth-order valence-corrected chi connectivity index (χ4v) is 22.4. The summed E-state index contributed by atoms with van der Waals surface area (Å²) in [5, 5.41) is 9.75. The Kier molecular flexibility index (Phi) is 9.43. The minimum Gasteiger partial charge on any atom is -0.308 e. The average Bonchev–Trinajstić information content (AvgIpc) is 1.47. The van der Waals surface area contributed by atoms with Gasteiger partial charge < -0.3 is 8.80 Å². The van der Waals surface area contributed by atoms with Crippen molar-refractivity contribution in [1.29, 1.82) is 0 Å². The van der Waals surface area contributed by atoms with E-state index in [0.717, 1.165) is 147 Å². The molecule has 0 aliphatic heterocycles. The third kappa shape index (κ3) is 6.08. The highest BCUT2D eigenvalue weighted by atomic mass is 16.1. The Labute approximate surface area is 529 Å². The molecule has 4 aromatic heterocycles. The lowest BCUT2D eigenvalue weighted by Gasteiger charge is -2.34. The van der Waals surface area contributed by atoms with E-state index < -0.39 is 5.41 Å². The van der Waals surface area contributed by atoms with Gasteiger partial charge in [0.2, 0.25) is 0 Å². The first-order valence-corrected chi connectivity index (χ1v) is 35.2. The molecule has 8 aromatic carbocycles. The average molecular weight is 1190 g/mol. The van der Waals surface area contributed by atoms with Crippen molar-refractivity contribution in [3.8, 4) is 22.3 Å². The Morgan fingerprint density at radius 3 is 0.901 bits per heavy atom. The van der Waals surface area contributed by atoms with Crippen LogP contribution in [0, 0.1) is 23.7 Å². The first kappa shape index (κ1) is 51.6. The Bertz CT molecular complexity index is 5170. The van der Waals surface area contributed by atoms with Gasteiger partial charge in [0.25, 0.3) is 0 Å². The molecule has 0 N–H and O–H groups in total. The summed E-state index contributed by atoms with van der Waals surface area (Å²) in [5.41, 5.74) is 26.9. The number of nitrogens with zero attached hydrogens (tertiary/aromatic N) is 2. The summed E-state index contributed by atoms with van der Waals surface area (Å²) in [7, 11) is 0. The standard InChI is InChI=1S/C85H74N2O4/c1-83(2,3)47-23-25-49-50-26-24-48(84(4,5)6)28-68(50)85(67(49)27-47)75-57(33-59-55-29-51-39-7-15-43(16-8-39)79(88)61(51)35-69(55)86-71-37-63-53(31-65(71)73(75)77(59)86)41-11-19-45(20-12-41)81(63)90)58-34-60-56-30-52-40-9-17-44(18-10-40)80(89)62(52)36-70(56)87-72-38-64-54(32-66(72)74(76(58)85)78(60)87)42-13-21-46(22-14-42)82(64)91/h23-46H,7-22H2,1-6H3. The number of Topliss-reactive ketones (excluding diaryl/α,β-unsaturated/α-hetero) is 4. The molecule has 6 heteroatoms. The summed E-state index contributed by atoms with van der Waals surface area (Å²) in [6.45, 7) is 14.2. The van der Waals surface area contributed by atoms with E-state index >= 15 is 19.2 Å². The monoisotopic (exact) mass is 1190 g/mol. The van der Waals surface area contributed by atoms with Crippen molar-refractivity contribution >= 4 is 99.3 Å². The highest BCUT2D eigenvalue weighted by molar-refractivity contribution is 6.33. The van der Waals surface area contributed by atoms with E-state index in [1.165, 1.54) is 132 Å². The minimum absolute atomic E-state index is 0.0447. The van der Waals surface area contributed by atoms with E-state index in [1.54, 1.807) is 0 Å². The van der Waals surface area contributed by atoms with Gasteiger partial charge in [-0.3, -0.25) is 19.2 Å². The molecular formula is C85H74N2O4. The third-order valence-corrected chi connectivity index (χ3v) is 26.9. The van der Waals surface area contributed by atoms with Gasteiger partial charge in [-0.1, -0.05) is 77.9 Å². The van der Waals surface area contributed by atoms with Gasteiger partial charge in [0.1, 0.15) is 0 Å². The molecule has 0 saturated heterocycles. The molecule has 6 nitrogen and oxygen atoms in total. The van der Waals surface area contributed by atoms with Crippen LogP contribution in [0.15, 0.2) is 97.1 Å². The van der Waals surface area contributed by atoms with Crippen molar-refractivity contribution in [2.24, 2.45) is 23.7 Å². The molecule has 0 radical (unpaired) electrons. The molecule has 14 aliphatic carbocycles. The first-order chi connectivity index (χ1) is 44.0. The van der Waals surface area contributed by atoms with Crippen molar-refractivity contribution in [1.82, 2.24) is 8.80 Å². The topological polar surface area (TPSA) is 77.1 Å². The number of ketones is 4. The molecule has 8 bridgehead atoms. The number of benzene rings is 8. The van der Waals surface area contributed by atoms with E-state index in [-0.39, 0.29) is 34.5 Å². The van der Waals surface area contributed by atoms with E-state index in [0.29, 0.717) is 46.8 Å². The molecule has 12 aromatic rings. The lowest BCUT2D eigenvalue weighted by molar-refractivity contribution is 0.0891. The van der Waals surface area contributed by atoms with Crippen LogP contribution in [0.5, 0.6) is 0 Å². The summed E-state index contributed by atoms with van der Waals surface area (Å²) < 4.78 is 5.10.